The van der Waals surface area contributed by atoms with E-state index in [1.54, 1.807) is 14.2 Å². The molecule has 0 amide bonds. The Kier molecular flexibility index (Phi) is 7.47. The van der Waals surface area contributed by atoms with Gasteiger partial charge in [-0.05, 0) is 69.5 Å². The minimum atomic E-state index is 0.661. The van der Waals surface area contributed by atoms with Crippen LogP contribution >= 0.6 is 0 Å². The van der Waals surface area contributed by atoms with Gasteiger partial charge in [-0.2, -0.15) is 0 Å². The third kappa shape index (κ3) is 5.25. The van der Waals surface area contributed by atoms with Crippen LogP contribution in [0.4, 0.5) is 11.4 Å². The lowest BCUT2D eigenvalue weighted by atomic mass is 9.99. The topological polar surface area (TPSA) is 43.2 Å². The van der Waals surface area contributed by atoms with Gasteiger partial charge in [-0.25, -0.2) is 0 Å². The van der Waals surface area contributed by atoms with Gasteiger partial charge in [-0.15, -0.1) is 0 Å². The first-order valence-corrected chi connectivity index (χ1v) is 10.8. The second-order valence-corrected chi connectivity index (χ2v) is 8.08. The van der Waals surface area contributed by atoms with Crippen LogP contribution in [-0.4, -0.2) is 25.6 Å². The Morgan fingerprint density at radius 3 is 1.91 bits per heavy atom. The van der Waals surface area contributed by atoms with Crippen molar-refractivity contribution in [3.05, 3.63) is 82.4 Å². The van der Waals surface area contributed by atoms with Gasteiger partial charge in [0.25, 0.3) is 0 Å². The van der Waals surface area contributed by atoms with Crippen molar-refractivity contribution in [1.29, 1.82) is 0 Å². The van der Waals surface area contributed by atoms with Crippen molar-refractivity contribution >= 4 is 22.8 Å². The van der Waals surface area contributed by atoms with Gasteiger partial charge in [0, 0.05) is 12.0 Å². The molecule has 0 bridgehead atoms. The molecule has 0 atom stereocenters. The Balaban J connectivity index is 2.02. The summed E-state index contributed by atoms with van der Waals surface area (Å²) < 4.78 is 11.2. The van der Waals surface area contributed by atoms with Crippen molar-refractivity contribution < 1.29 is 9.47 Å². The average Bonchev–Trinajstić information content (AvgIpc) is 2.78. The van der Waals surface area contributed by atoms with Gasteiger partial charge in [0.1, 0.15) is 11.5 Å². The third-order valence-corrected chi connectivity index (χ3v) is 5.66. The molecule has 0 spiro atoms. The molecule has 0 aliphatic carbocycles. The standard InChI is InChI=1S/C28H32N2O2/c1-18-14-15-25(23(16-18)17-24-26(31-6)12-9-13-27(24)32-7)29-21(4)22(5)30-28-19(2)10-8-11-20(28)3/h8-16H,17H2,1-7H3. The SMILES string of the molecule is COc1cccc(OC)c1Cc1cc(C)ccc1N=C(C)C(C)=Nc1c(C)cccc1C. The van der Waals surface area contributed by atoms with E-state index in [9.17, 15) is 0 Å². The second-order valence-electron chi connectivity index (χ2n) is 8.08. The Morgan fingerprint density at radius 1 is 0.750 bits per heavy atom. The fraction of sp³-hybridized carbons (Fsp3) is 0.286. The zero-order chi connectivity index (χ0) is 23.3. The highest BCUT2D eigenvalue weighted by Crippen LogP contribution is 2.34. The molecule has 0 saturated heterocycles. The van der Waals surface area contributed by atoms with E-state index in [4.69, 9.17) is 19.5 Å². The zero-order valence-electron chi connectivity index (χ0n) is 20.1. The van der Waals surface area contributed by atoms with Gasteiger partial charge < -0.3 is 9.47 Å². The Morgan fingerprint density at radius 2 is 1.31 bits per heavy atom. The summed E-state index contributed by atoms with van der Waals surface area (Å²) in [6.45, 7) is 10.3. The molecule has 0 heterocycles. The molecule has 0 unspecified atom stereocenters. The molecule has 3 rings (SSSR count). The van der Waals surface area contributed by atoms with Crippen LogP contribution < -0.4 is 9.47 Å². The normalized spacial score (nSPS) is 12.1. The maximum Gasteiger partial charge on any atom is 0.126 e. The van der Waals surface area contributed by atoms with E-state index in [1.807, 2.05) is 32.0 Å². The zero-order valence-corrected chi connectivity index (χ0v) is 20.1. The van der Waals surface area contributed by atoms with Crippen LogP contribution in [0.1, 0.15) is 41.7 Å². The lowest BCUT2D eigenvalue weighted by Crippen LogP contribution is -2.06. The molecular formula is C28H32N2O2. The number of hydrogen-bond donors (Lipinski definition) is 0. The number of aryl methyl sites for hydroxylation is 3. The van der Waals surface area contributed by atoms with E-state index in [1.165, 1.54) is 5.56 Å². The van der Waals surface area contributed by atoms with Crippen LogP contribution in [0.2, 0.25) is 0 Å². The van der Waals surface area contributed by atoms with Gasteiger partial charge in [0.2, 0.25) is 0 Å². The van der Waals surface area contributed by atoms with Crippen LogP contribution in [0.5, 0.6) is 11.5 Å². The van der Waals surface area contributed by atoms with Crippen LogP contribution in [-0.2, 0) is 6.42 Å². The molecule has 3 aromatic rings. The molecule has 0 aliphatic rings. The number of benzene rings is 3. The van der Waals surface area contributed by atoms with Crippen LogP contribution in [0.25, 0.3) is 0 Å². The van der Waals surface area contributed by atoms with E-state index in [0.29, 0.717) is 6.42 Å². The second kappa shape index (κ2) is 10.3. The van der Waals surface area contributed by atoms with Crippen molar-refractivity contribution in [1.82, 2.24) is 0 Å². The van der Waals surface area contributed by atoms with Gasteiger partial charge >= 0.3 is 0 Å². The van der Waals surface area contributed by atoms with Gasteiger partial charge in [0.05, 0.1) is 37.0 Å². The first-order valence-electron chi connectivity index (χ1n) is 10.8. The molecule has 4 nitrogen and oxygen atoms in total. The average molecular weight is 429 g/mol. The van der Waals surface area contributed by atoms with Crippen molar-refractivity contribution in [2.24, 2.45) is 9.98 Å². The van der Waals surface area contributed by atoms with E-state index in [2.05, 4.69) is 57.2 Å². The fourth-order valence-corrected chi connectivity index (χ4v) is 3.75. The number of rotatable bonds is 7. The van der Waals surface area contributed by atoms with Gasteiger partial charge in [-0.1, -0.05) is 42.0 Å². The molecule has 0 aromatic heterocycles. The third-order valence-electron chi connectivity index (χ3n) is 5.66. The Bertz CT molecular complexity index is 1130. The fourth-order valence-electron chi connectivity index (χ4n) is 3.75. The van der Waals surface area contributed by atoms with E-state index < -0.39 is 0 Å². The smallest absolute Gasteiger partial charge is 0.126 e. The summed E-state index contributed by atoms with van der Waals surface area (Å²) in [5.74, 6) is 1.62. The monoisotopic (exact) mass is 428 g/mol. The summed E-state index contributed by atoms with van der Waals surface area (Å²) >= 11 is 0. The molecule has 0 radical (unpaired) electrons. The first-order chi connectivity index (χ1) is 15.3. The Labute approximate surface area is 191 Å². The summed E-state index contributed by atoms with van der Waals surface area (Å²) in [5.41, 5.74) is 9.39. The highest BCUT2D eigenvalue weighted by atomic mass is 16.5. The molecule has 3 aromatic carbocycles. The summed E-state index contributed by atoms with van der Waals surface area (Å²) in [6, 6.07) is 18.4. The lowest BCUT2D eigenvalue weighted by molar-refractivity contribution is 0.387. The lowest BCUT2D eigenvalue weighted by Gasteiger charge is -2.15. The number of hydrogen-bond acceptors (Lipinski definition) is 4. The number of para-hydroxylation sites is 1. The van der Waals surface area contributed by atoms with Crippen molar-refractivity contribution in [2.75, 3.05) is 14.2 Å². The number of ether oxygens (including phenoxy) is 2. The number of methoxy groups -OCH3 is 2. The molecule has 32 heavy (non-hydrogen) atoms. The molecule has 0 fully saturated rings. The molecule has 0 saturated carbocycles. The van der Waals surface area contributed by atoms with Crippen LogP contribution in [0, 0.1) is 20.8 Å². The highest BCUT2D eigenvalue weighted by molar-refractivity contribution is 6.41. The molecule has 4 heteroatoms. The van der Waals surface area contributed by atoms with Gasteiger partial charge in [0.15, 0.2) is 0 Å². The summed E-state index contributed by atoms with van der Waals surface area (Å²) in [7, 11) is 3.37. The Hall–Kier alpha value is -3.40. The van der Waals surface area contributed by atoms with Crippen molar-refractivity contribution in [2.45, 2.75) is 41.0 Å². The summed E-state index contributed by atoms with van der Waals surface area (Å²) in [6.07, 6.45) is 0.661. The molecule has 166 valence electrons. The maximum absolute atomic E-state index is 5.60. The van der Waals surface area contributed by atoms with E-state index >= 15 is 0 Å². The predicted molar refractivity (Wildman–Crippen MR) is 135 cm³/mol. The molecule has 0 aliphatic heterocycles. The predicted octanol–water partition coefficient (Wildman–Crippen LogP) is 7.10. The first kappa shape index (κ1) is 23.3. The quantitative estimate of drug-likeness (QED) is 0.377. The van der Waals surface area contributed by atoms with E-state index in [0.717, 1.165) is 56.6 Å². The highest BCUT2D eigenvalue weighted by Gasteiger charge is 2.14. The van der Waals surface area contributed by atoms with Crippen LogP contribution in [0.3, 0.4) is 0 Å². The minimum absolute atomic E-state index is 0.661. The number of nitrogens with zero attached hydrogens (tertiary/aromatic N) is 2. The maximum atomic E-state index is 5.60. The largest absolute Gasteiger partial charge is 0.496 e. The summed E-state index contributed by atoms with van der Waals surface area (Å²) in [4.78, 5) is 9.85. The molecule has 0 N–H and O–H groups in total. The van der Waals surface area contributed by atoms with E-state index in [-0.39, 0.29) is 0 Å². The van der Waals surface area contributed by atoms with Crippen LogP contribution in [0.15, 0.2) is 64.6 Å². The summed E-state index contributed by atoms with van der Waals surface area (Å²) in [5, 5.41) is 0. The number of aliphatic imine (C=N–C) groups is 2. The minimum Gasteiger partial charge on any atom is -0.496 e. The van der Waals surface area contributed by atoms with Crippen molar-refractivity contribution in [3.63, 3.8) is 0 Å². The van der Waals surface area contributed by atoms with Gasteiger partial charge in [-0.3, -0.25) is 9.98 Å². The molecular weight excluding hydrogens is 396 g/mol. The van der Waals surface area contributed by atoms with Crippen molar-refractivity contribution in [3.8, 4) is 11.5 Å².